The van der Waals surface area contributed by atoms with Gasteiger partial charge in [-0.25, -0.2) is 0 Å². The van der Waals surface area contributed by atoms with Gasteiger partial charge in [0.25, 0.3) is 0 Å². The second-order valence-electron chi connectivity index (χ2n) is 3.30. The number of carbonyl (C=O) groups is 2. The van der Waals surface area contributed by atoms with Crippen molar-refractivity contribution in [2.75, 3.05) is 0 Å². The summed E-state index contributed by atoms with van der Waals surface area (Å²) in [6, 6.07) is 0. The molecular formula is C11H20O4-2. The van der Waals surface area contributed by atoms with E-state index in [4.69, 9.17) is 0 Å². The fourth-order valence-corrected chi connectivity index (χ4v) is 0.900. The van der Waals surface area contributed by atoms with Crippen LogP contribution in [0.15, 0.2) is 0 Å². The monoisotopic (exact) mass is 216 g/mol. The topological polar surface area (TPSA) is 80.3 Å². The highest BCUT2D eigenvalue weighted by molar-refractivity contribution is 5.64. The van der Waals surface area contributed by atoms with Gasteiger partial charge in [0.1, 0.15) is 0 Å². The van der Waals surface area contributed by atoms with Gasteiger partial charge in [-0.2, -0.15) is 0 Å². The molecule has 15 heavy (non-hydrogen) atoms. The van der Waals surface area contributed by atoms with E-state index in [1.807, 2.05) is 0 Å². The predicted molar refractivity (Wildman–Crippen MR) is 53.7 cm³/mol. The highest BCUT2D eigenvalue weighted by Gasteiger charge is 1.86. The first kappa shape index (κ1) is 16.4. The van der Waals surface area contributed by atoms with Gasteiger partial charge in [0.05, 0.1) is 0 Å². The van der Waals surface area contributed by atoms with Crippen molar-refractivity contribution < 1.29 is 19.8 Å². The lowest BCUT2D eigenvalue weighted by molar-refractivity contribution is -0.307. The average molecular weight is 216 g/mol. The minimum absolute atomic E-state index is 0.181. The third-order valence-corrected chi connectivity index (χ3v) is 1.69. The summed E-state index contributed by atoms with van der Waals surface area (Å²) in [5.41, 5.74) is 0. The van der Waals surface area contributed by atoms with Crippen molar-refractivity contribution in [3.8, 4) is 0 Å². The standard InChI is InChI=1S/C7H14O2.C4H8O2/c1-2-3-4-5-6-7(8)9;1-2-3-4(5)6/h2-6H2,1H3,(H,8,9);2-3H2,1H3,(H,5,6)/p-2. The molecule has 90 valence electrons. The molecule has 0 heterocycles. The van der Waals surface area contributed by atoms with Crippen LogP contribution in [0, 0.1) is 0 Å². The summed E-state index contributed by atoms with van der Waals surface area (Å²) >= 11 is 0. The maximum absolute atomic E-state index is 9.85. The van der Waals surface area contributed by atoms with Crippen LogP contribution < -0.4 is 10.2 Å². The summed E-state index contributed by atoms with van der Waals surface area (Å²) in [6.45, 7) is 3.90. The molecule has 0 aromatic rings. The molecule has 0 aliphatic heterocycles. The smallest absolute Gasteiger partial charge is 0.0414 e. The van der Waals surface area contributed by atoms with E-state index in [9.17, 15) is 19.8 Å². The SMILES string of the molecule is CCCC(=O)[O-].CCCCCCC(=O)[O-]. The Bertz CT molecular complexity index is 166. The quantitative estimate of drug-likeness (QED) is 0.571. The Hall–Kier alpha value is -1.06. The number of rotatable bonds is 7. The maximum Gasteiger partial charge on any atom is 0.0414 e. The van der Waals surface area contributed by atoms with Gasteiger partial charge in [0.15, 0.2) is 0 Å². The summed E-state index contributed by atoms with van der Waals surface area (Å²) in [7, 11) is 0. The van der Waals surface area contributed by atoms with Crippen molar-refractivity contribution in [3.63, 3.8) is 0 Å². The summed E-state index contributed by atoms with van der Waals surface area (Å²) in [4.78, 5) is 19.3. The van der Waals surface area contributed by atoms with E-state index < -0.39 is 11.9 Å². The predicted octanol–water partition coefficient (Wildman–Crippen LogP) is 0.243. The largest absolute Gasteiger partial charge is 0.550 e. The van der Waals surface area contributed by atoms with Crippen LogP contribution in [-0.2, 0) is 9.59 Å². The van der Waals surface area contributed by atoms with Crippen LogP contribution in [0.2, 0.25) is 0 Å². The van der Waals surface area contributed by atoms with Crippen LogP contribution in [0.5, 0.6) is 0 Å². The zero-order valence-electron chi connectivity index (χ0n) is 9.58. The number of hydrogen-bond acceptors (Lipinski definition) is 4. The fourth-order valence-electron chi connectivity index (χ4n) is 0.900. The number of hydrogen-bond donors (Lipinski definition) is 0. The summed E-state index contributed by atoms with van der Waals surface area (Å²) in [5.74, 6) is -1.89. The maximum atomic E-state index is 9.85. The van der Waals surface area contributed by atoms with Gasteiger partial charge < -0.3 is 19.8 Å². The van der Waals surface area contributed by atoms with Gasteiger partial charge >= 0.3 is 0 Å². The number of carboxylic acids is 2. The van der Waals surface area contributed by atoms with Gasteiger partial charge in [-0.05, 0) is 19.3 Å². The summed E-state index contributed by atoms with van der Waals surface area (Å²) < 4.78 is 0. The van der Waals surface area contributed by atoms with Crippen LogP contribution in [0.4, 0.5) is 0 Å². The van der Waals surface area contributed by atoms with Crippen LogP contribution >= 0.6 is 0 Å². The molecule has 0 rings (SSSR count). The second kappa shape index (κ2) is 12.9. The number of carboxylic acid groups (broad SMARTS) is 2. The lowest BCUT2D eigenvalue weighted by atomic mass is 10.2. The zero-order valence-corrected chi connectivity index (χ0v) is 9.58. The number of aliphatic carboxylic acids is 2. The minimum Gasteiger partial charge on any atom is -0.550 e. The van der Waals surface area contributed by atoms with Gasteiger partial charge in [-0.1, -0.05) is 39.5 Å². The van der Waals surface area contributed by atoms with E-state index in [1.54, 1.807) is 6.92 Å². The van der Waals surface area contributed by atoms with Gasteiger partial charge in [-0.15, -0.1) is 0 Å². The Morgan fingerprint density at radius 1 is 0.800 bits per heavy atom. The van der Waals surface area contributed by atoms with Crippen LogP contribution in [-0.4, -0.2) is 11.9 Å². The van der Waals surface area contributed by atoms with E-state index in [0.29, 0.717) is 6.42 Å². The lowest BCUT2D eigenvalue weighted by Gasteiger charge is -1.99. The van der Waals surface area contributed by atoms with Gasteiger partial charge in [0, 0.05) is 11.9 Å². The van der Waals surface area contributed by atoms with Crippen molar-refractivity contribution in [2.24, 2.45) is 0 Å². The van der Waals surface area contributed by atoms with Crippen molar-refractivity contribution >= 4 is 11.9 Å². The molecule has 4 heteroatoms. The zero-order chi connectivity index (χ0) is 12.1. The molecule has 0 fully saturated rings. The van der Waals surface area contributed by atoms with Crippen molar-refractivity contribution in [3.05, 3.63) is 0 Å². The molecule has 0 N–H and O–H groups in total. The lowest BCUT2D eigenvalue weighted by Crippen LogP contribution is -2.21. The molecule has 0 aromatic carbocycles. The molecule has 0 saturated carbocycles. The van der Waals surface area contributed by atoms with E-state index in [0.717, 1.165) is 25.7 Å². The van der Waals surface area contributed by atoms with E-state index >= 15 is 0 Å². The highest BCUT2D eigenvalue weighted by atomic mass is 16.4. The van der Waals surface area contributed by atoms with Crippen molar-refractivity contribution in [1.82, 2.24) is 0 Å². The van der Waals surface area contributed by atoms with Gasteiger partial charge in [0.2, 0.25) is 0 Å². The molecule has 4 nitrogen and oxygen atoms in total. The molecule has 0 aliphatic rings. The first-order valence-corrected chi connectivity index (χ1v) is 5.44. The molecule has 0 spiro atoms. The molecule has 0 aromatic heterocycles. The molecule has 0 aliphatic carbocycles. The van der Waals surface area contributed by atoms with E-state index in [1.165, 1.54) is 0 Å². The summed E-state index contributed by atoms with van der Waals surface area (Å²) in [6.07, 6.45) is 5.14. The number of unbranched alkanes of at least 4 members (excludes halogenated alkanes) is 3. The normalized spacial score (nSPS) is 8.93. The molecule has 0 bridgehead atoms. The van der Waals surface area contributed by atoms with Crippen molar-refractivity contribution in [2.45, 2.75) is 58.8 Å². The average Bonchev–Trinajstić information content (AvgIpc) is 2.13. The van der Waals surface area contributed by atoms with E-state index in [-0.39, 0.29) is 12.8 Å². The van der Waals surface area contributed by atoms with Crippen LogP contribution in [0.25, 0.3) is 0 Å². The van der Waals surface area contributed by atoms with Crippen LogP contribution in [0.3, 0.4) is 0 Å². The Kier molecular flexibility index (Phi) is 14.1. The third-order valence-electron chi connectivity index (χ3n) is 1.69. The van der Waals surface area contributed by atoms with Crippen LogP contribution in [0.1, 0.15) is 58.8 Å². The fraction of sp³-hybridized carbons (Fsp3) is 0.818. The third kappa shape index (κ3) is 24.6. The summed E-state index contributed by atoms with van der Waals surface area (Å²) in [5, 5.41) is 19.3. The molecule has 0 amide bonds. The molecule has 0 radical (unpaired) electrons. The van der Waals surface area contributed by atoms with E-state index in [2.05, 4.69) is 6.92 Å². The highest BCUT2D eigenvalue weighted by Crippen LogP contribution is 2.00. The Morgan fingerprint density at radius 2 is 1.33 bits per heavy atom. The Labute approximate surface area is 91.3 Å². The van der Waals surface area contributed by atoms with Gasteiger partial charge in [-0.3, -0.25) is 0 Å². The second-order valence-corrected chi connectivity index (χ2v) is 3.30. The van der Waals surface area contributed by atoms with Crippen molar-refractivity contribution in [1.29, 1.82) is 0 Å². The molecule has 0 unspecified atom stereocenters. The minimum atomic E-state index is -0.961. The first-order chi connectivity index (χ1) is 7.04. The number of carbonyl (C=O) groups excluding carboxylic acids is 2. The first-order valence-electron chi connectivity index (χ1n) is 5.44. The molecular weight excluding hydrogens is 196 g/mol. The molecule has 0 atom stereocenters. The Morgan fingerprint density at radius 3 is 1.60 bits per heavy atom. The molecule has 0 saturated heterocycles. The Balaban J connectivity index is 0.